The molecule has 0 radical (unpaired) electrons. The van der Waals surface area contributed by atoms with Crippen LogP contribution >= 0.6 is 0 Å². The van der Waals surface area contributed by atoms with Gasteiger partial charge in [0.1, 0.15) is 16.6 Å². The maximum absolute atomic E-state index is 14.8. The van der Waals surface area contributed by atoms with Crippen molar-refractivity contribution >= 4 is 21.7 Å². The van der Waals surface area contributed by atoms with Gasteiger partial charge >= 0.3 is 6.18 Å². The number of rotatable bonds is 4. The Morgan fingerprint density at radius 1 is 1.20 bits per heavy atom. The Labute approximate surface area is 230 Å². The smallest absolute Gasteiger partial charge is 0.336 e. The number of benzene rings is 1. The minimum atomic E-state index is -5.34. The van der Waals surface area contributed by atoms with Crippen molar-refractivity contribution in [3.63, 3.8) is 0 Å². The Hall–Kier alpha value is -3.16. The molecule has 0 bridgehead atoms. The van der Waals surface area contributed by atoms with Gasteiger partial charge in [0.15, 0.2) is 16.0 Å². The van der Waals surface area contributed by atoms with Gasteiger partial charge in [0.2, 0.25) is 11.6 Å². The Morgan fingerprint density at radius 3 is 2.58 bits per heavy atom. The molecule has 216 valence electrons. The third-order valence-electron chi connectivity index (χ3n) is 8.14. The quantitative estimate of drug-likeness (QED) is 0.505. The zero-order valence-electron chi connectivity index (χ0n) is 23.9. The van der Waals surface area contributed by atoms with E-state index in [0.717, 1.165) is 35.2 Å². The molecule has 14 heteroatoms. The van der Waals surface area contributed by atoms with E-state index in [1.807, 2.05) is 0 Å². The van der Waals surface area contributed by atoms with Gasteiger partial charge in [-0.1, -0.05) is 12.1 Å². The standard InChI is InChI=1S/C26H25F6N3O4S/c1-24(29,26(30,31)32)20-8-6-16-18(33-20)7-9-21-25(16,40(38,39)15-5-3-4-14(27)12-15)10-11-35(21)23(37)19-13-17(28)22(36)34(19)2/h3-6,8,12,17,19,21H,7,9-11,13H2,1-2H3/t17-,19+,21?,24?,25?/m1/s1/i2D3. The van der Waals surface area contributed by atoms with Gasteiger partial charge in [0.25, 0.3) is 5.91 Å². The van der Waals surface area contributed by atoms with Crippen LogP contribution in [0.25, 0.3) is 0 Å². The molecule has 2 amide bonds. The number of likely N-dealkylation sites (tertiary alicyclic amines) is 2. The zero-order chi connectivity index (χ0) is 31.9. The van der Waals surface area contributed by atoms with Crippen LogP contribution in [-0.4, -0.2) is 73.0 Å². The van der Waals surface area contributed by atoms with Crippen LogP contribution in [0.5, 0.6) is 0 Å². The Bertz CT molecular complexity index is 1600. The Morgan fingerprint density at radius 2 is 1.93 bits per heavy atom. The highest BCUT2D eigenvalue weighted by molar-refractivity contribution is 7.92. The minimum absolute atomic E-state index is 0.122. The molecule has 3 aliphatic rings. The lowest BCUT2D eigenvalue weighted by Crippen LogP contribution is -2.55. The van der Waals surface area contributed by atoms with Gasteiger partial charge in [-0.05, 0) is 56.0 Å². The summed E-state index contributed by atoms with van der Waals surface area (Å²) in [5, 5.41) is 0. The van der Waals surface area contributed by atoms with Gasteiger partial charge in [0.05, 0.1) is 16.6 Å². The summed E-state index contributed by atoms with van der Waals surface area (Å²) in [5.74, 6) is -3.34. The highest BCUT2D eigenvalue weighted by Gasteiger charge is 2.63. The van der Waals surface area contributed by atoms with E-state index in [0.29, 0.717) is 6.07 Å². The van der Waals surface area contributed by atoms with Crippen LogP contribution in [0, 0.1) is 5.82 Å². The van der Waals surface area contributed by atoms with Gasteiger partial charge in [-0.3, -0.25) is 14.6 Å². The Balaban J connectivity index is 1.66. The maximum Gasteiger partial charge on any atom is 0.428 e. The number of likely N-dealkylation sites (N-methyl/N-ethyl adjacent to an activating group) is 1. The molecule has 40 heavy (non-hydrogen) atoms. The largest absolute Gasteiger partial charge is 0.428 e. The zero-order valence-corrected chi connectivity index (χ0v) is 21.7. The van der Waals surface area contributed by atoms with Crippen molar-refractivity contribution < 1.29 is 48.5 Å². The molecule has 0 spiro atoms. The van der Waals surface area contributed by atoms with Gasteiger partial charge in [-0.2, -0.15) is 13.2 Å². The van der Waals surface area contributed by atoms with Crippen LogP contribution in [-0.2, 0) is 36.3 Å². The highest BCUT2D eigenvalue weighted by Crippen LogP contribution is 2.53. The molecular formula is C26H25F6N3O4S. The first kappa shape index (κ1) is 24.6. The first-order valence-corrected chi connectivity index (χ1v) is 13.8. The van der Waals surface area contributed by atoms with Crippen LogP contribution in [0.3, 0.4) is 0 Å². The predicted octanol–water partition coefficient (Wildman–Crippen LogP) is 3.75. The molecule has 1 aliphatic carbocycles. The van der Waals surface area contributed by atoms with E-state index in [4.69, 9.17) is 4.11 Å². The molecule has 3 unspecified atom stereocenters. The first-order valence-electron chi connectivity index (χ1n) is 13.8. The molecule has 2 fully saturated rings. The van der Waals surface area contributed by atoms with Crippen molar-refractivity contribution in [2.24, 2.45) is 0 Å². The SMILES string of the molecule is [2H]C([2H])([2H])N1C(=O)[C@H](F)C[C@H]1C(=O)N1CCC2(S(=O)(=O)c3cccc(F)c3)c3ccc(C(C)(F)C(F)(F)F)nc3CCC12. The van der Waals surface area contributed by atoms with Crippen molar-refractivity contribution in [2.45, 2.75) is 72.3 Å². The van der Waals surface area contributed by atoms with Crippen LogP contribution in [0.1, 0.15) is 47.2 Å². The van der Waals surface area contributed by atoms with Crippen molar-refractivity contribution in [3.05, 3.63) is 59.2 Å². The number of fused-ring (bicyclic) bond motifs is 3. The van der Waals surface area contributed by atoms with Crippen molar-refractivity contribution in [1.82, 2.24) is 14.8 Å². The minimum Gasteiger partial charge on any atom is -0.336 e. The Kier molecular flexibility index (Phi) is 5.65. The lowest BCUT2D eigenvalue weighted by atomic mass is 9.80. The van der Waals surface area contributed by atoms with E-state index in [1.54, 1.807) is 0 Å². The monoisotopic (exact) mass is 592 g/mol. The van der Waals surface area contributed by atoms with E-state index in [2.05, 4.69) is 4.98 Å². The molecule has 2 aliphatic heterocycles. The number of carbonyl (C=O) groups is 2. The summed E-state index contributed by atoms with van der Waals surface area (Å²) in [4.78, 5) is 30.7. The number of alkyl halides is 5. The molecule has 0 saturated carbocycles. The van der Waals surface area contributed by atoms with Crippen molar-refractivity contribution in [2.75, 3.05) is 13.5 Å². The first-order chi connectivity index (χ1) is 19.7. The van der Waals surface area contributed by atoms with Gasteiger partial charge in [-0.25, -0.2) is 21.6 Å². The molecule has 0 N–H and O–H groups in total. The number of hydrogen-bond donors (Lipinski definition) is 0. The molecule has 2 saturated heterocycles. The van der Waals surface area contributed by atoms with Crippen LogP contribution in [0.4, 0.5) is 26.3 Å². The summed E-state index contributed by atoms with van der Waals surface area (Å²) in [6.45, 7) is -3.24. The van der Waals surface area contributed by atoms with E-state index < -0.39 is 86.3 Å². The molecule has 5 rings (SSSR count). The van der Waals surface area contributed by atoms with Crippen molar-refractivity contribution in [1.29, 1.82) is 0 Å². The molecule has 7 nitrogen and oxygen atoms in total. The van der Waals surface area contributed by atoms with Crippen LogP contribution in [0.15, 0.2) is 41.3 Å². The lowest BCUT2D eigenvalue weighted by Gasteiger charge is -2.43. The maximum atomic E-state index is 14.8. The second kappa shape index (κ2) is 9.18. The number of halogens is 6. The second-order valence-electron chi connectivity index (χ2n) is 10.3. The normalized spacial score (nSPS) is 29.7. The molecule has 5 atom stereocenters. The van der Waals surface area contributed by atoms with Gasteiger partial charge in [-0.15, -0.1) is 0 Å². The molecule has 1 aromatic carbocycles. The summed E-state index contributed by atoms with van der Waals surface area (Å²) in [5.41, 5.74) is -5.17. The van der Waals surface area contributed by atoms with E-state index in [1.165, 1.54) is 0 Å². The van der Waals surface area contributed by atoms with Crippen LogP contribution < -0.4 is 0 Å². The summed E-state index contributed by atoms with van der Waals surface area (Å²) in [7, 11) is -4.68. The number of aromatic nitrogens is 1. The summed E-state index contributed by atoms with van der Waals surface area (Å²) in [6, 6.07) is 2.62. The average molecular weight is 593 g/mol. The molecule has 2 aromatic rings. The summed E-state index contributed by atoms with van der Waals surface area (Å²) < 4.78 is 133. The number of sulfone groups is 1. The molecule has 1 aromatic heterocycles. The summed E-state index contributed by atoms with van der Waals surface area (Å²) >= 11 is 0. The average Bonchev–Trinajstić information content (AvgIpc) is 3.46. The number of amides is 2. The lowest BCUT2D eigenvalue weighted by molar-refractivity contribution is -0.230. The highest BCUT2D eigenvalue weighted by atomic mass is 32.2. The fraction of sp³-hybridized carbons (Fsp3) is 0.500. The van der Waals surface area contributed by atoms with Crippen LogP contribution in [0.2, 0.25) is 0 Å². The number of aryl methyl sites for hydroxylation is 1. The van der Waals surface area contributed by atoms with E-state index in [-0.39, 0.29) is 48.9 Å². The predicted molar refractivity (Wildman–Crippen MR) is 129 cm³/mol. The van der Waals surface area contributed by atoms with Crippen molar-refractivity contribution in [3.8, 4) is 0 Å². The fourth-order valence-corrected chi connectivity index (χ4v) is 8.38. The fourth-order valence-electron chi connectivity index (χ4n) is 6.00. The van der Waals surface area contributed by atoms with Gasteiger partial charge in [0, 0.05) is 29.7 Å². The number of carbonyl (C=O) groups excluding carboxylic acids is 2. The van der Waals surface area contributed by atoms with E-state index in [9.17, 15) is 44.3 Å². The topological polar surface area (TPSA) is 87.7 Å². The molecular weight excluding hydrogens is 564 g/mol. The third-order valence-corrected chi connectivity index (χ3v) is 10.7. The summed E-state index contributed by atoms with van der Waals surface area (Å²) in [6.07, 6.45) is -9.21. The van der Waals surface area contributed by atoms with E-state index >= 15 is 0 Å². The van der Waals surface area contributed by atoms with Gasteiger partial charge < -0.3 is 9.80 Å². The molecule has 3 heterocycles. The number of pyridine rings is 1. The number of nitrogens with zero attached hydrogens (tertiary/aromatic N) is 3. The third kappa shape index (κ3) is 3.92. The second-order valence-corrected chi connectivity index (χ2v) is 12.5. The number of hydrogen-bond acceptors (Lipinski definition) is 5.